The zero-order valence-electron chi connectivity index (χ0n) is 31.7. The molecule has 5 rings (SSSR count). The average Bonchev–Trinajstić information content (AvgIpc) is 3.89. The maximum atomic E-state index is 10.1. The lowest BCUT2D eigenvalue weighted by Gasteiger charge is -2.36. The summed E-state index contributed by atoms with van der Waals surface area (Å²) in [6.45, 7) is 25.2. The molecule has 8 nitrogen and oxygen atoms in total. The second-order valence-corrected chi connectivity index (χ2v) is 25.5. The molecule has 3 saturated heterocycles. The Kier molecular flexibility index (Phi) is 25.7. The molecule has 3 aliphatic heterocycles. The van der Waals surface area contributed by atoms with Crippen LogP contribution < -0.4 is 9.47 Å². The van der Waals surface area contributed by atoms with Crippen LogP contribution in [-0.4, -0.2) is 69.3 Å². The summed E-state index contributed by atoms with van der Waals surface area (Å²) in [5.41, 5.74) is -2.11. The fraction of sp³-hybridized carbons (Fsp3) is 0.676. The van der Waals surface area contributed by atoms with E-state index in [9.17, 15) is 5.11 Å². The first kappa shape index (κ1) is 50.8. The molecule has 2 aromatic carbocycles. The van der Waals surface area contributed by atoms with E-state index in [4.69, 9.17) is 55.9 Å². The third kappa shape index (κ3) is 24.0. The molecule has 0 aliphatic carbocycles. The second kappa shape index (κ2) is 25.8. The molecule has 2 atom stereocenters. The number of benzene rings is 2. The van der Waals surface area contributed by atoms with Crippen molar-refractivity contribution in [3.63, 3.8) is 0 Å². The highest BCUT2D eigenvalue weighted by Crippen LogP contribution is 2.64. The third-order valence-corrected chi connectivity index (χ3v) is 13.9. The zero-order valence-corrected chi connectivity index (χ0v) is 36.8. The molecule has 14 heteroatoms. The molecule has 1 N–H and O–H groups in total. The van der Waals surface area contributed by atoms with Gasteiger partial charge in [-0.15, -0.1) is 0 Å². The fourth-order valence-electron chi connectivity index (χ4n) is 3.45. The lowest BCUT2D eigenvalue weighted by Crippen LogP contribution is -2.29. The Morgan fingerprint density at radius 1 is 0.804 bits per heavy atom. The third-order valence-electron chi connectivity index (χ3n) is 6.33. The van der Waals surface area contributed by atoms with Crippen molar-refractivity contribution in [1.82, 2.24) is 0 Å². The average molecular weight is 829 g/mol. The molecule has 0 saturated carbocycles. The maximum Gasteiger partial charge on any atom is 0.247 e. The van der Waals surface area contributed by atoms with Crippen molar-refractivity contribution in [2.45, 2.75) is 102 Å². The number of ether oxygens (including phenoxy) is 3. The van der Waals surface area contributed by atoms with E-state index < -0.39 is 17.5 Å². The first-order valence-corrected chi connectivity index (χ1v) is 25.2. The van der Waals surface area contributed by atoms with Gasteiger partial charge < -0.3 is 37.4 Å². The van der Waals surface area contributed by atoms with E-state index in [1.165, 1.54) is 29.8 Å². The van der Waals surface area contributed by atoms with Crippen molar-refractivity contribution in [2.75, 3.05) is 52.0 Å². The van der Waals surface area contributed by atoms with Crippen LogP contribution in [0, 0.1) is 24.7 Å². The molecule has 2 aromatic rings. The van der Waals surface area contributed by atoms with Gasteiger partial charge in [-0.25, -0.2) is 0 Å². The summed E-state index contributed by atoms with van der Waals surface area (Å²) in [5.74, 6) is 2.21. The quantitative estimate of drug-likeness (QED) is 0.144. The van der Waals surface area contributed by atoms with Gasteiger partial charge in [0.15, 0.2) is 0 Å². The van der Waals surface area contributed by atoms with Gasteiger partial charge >= 0.3 is 0 Å². The van der Waals surface area contributed by atoms with E-state index in [0.717, 1.165) is 23.7 Å². The van der Waals surface area contributed by atoms with Crippen molar-refractivity contribution < 1.29 is 37.4 Å². The monoisotopic (exact) mass is 828 g/mol. The molecular weight excluding hydrogens is 763 g/mol. The van der Waals surface area contributed by atoms with Gasteiger partial charge in [-0.3, -0.25) is 0 Å². The Balaban J connectivity index is 0.000000727. The highest BCUT2D eigenvalue weighted by atomic mass is 32.9. The van der Waals surface area contributed by atoms with E-state index in [1.807, 2.05) is 62.4 Å². The number of aryl methyl sites for hydroxylation is 2. The molecule has 3 aliphatic rings. The van der Waals surface area contributed by atoms with Crippen LogP contribution >= 0.6 is 35.0 Å². The van der Waals surface area contributed by atoms with Gasteiger partial charge in [0.1, 0.15) is 30.8 Å². The normalized spacial score (nSPS) is 20.6. The molecule has 51 heavy (non-hydrogen) atoms. The van der Waals surface area contributed by atoms with Crippen LogP contribution in [0.4, 0.5) is 0 Å². The van der Waals surface area contributed by atoms with Gasteiger partial charge in [-0.2, -0.15) is 0 Å². The van der Waals surface area contributed by atoms with Gasteiger partial charge in [0.2, 0.25) is 11.4 Å². The smallest absolute Gasteiger partial charge is 0.247 e. The molecule has 0 aromatic heterocycles. The predicted octanol–water partition coefficient (Wildman–Crippen LogP) is 11.2. The van der Waals surface area contributed by atoms with E-state index in [2.05, 4.69) is 67.6 Å². The van der Waals surface area contributed by atoms with Crippen LogP contribution in [0.2, 0.25) is 0 Å². The van der Waals surface area contributed by atoms with Crippen molar-refractivity contribution in [3.8, 4) is 11.5 Å². The predicted molar refractivity (Wildman–Crippen MR) is 229 cm³/mol. The lowest BCUT2D eigenvalue weighted by atomic mass is 9.97. The highest BCUT2D eigenvalue weighted by molar-refractivity contribution is 8.67. The van der Waals surface area contributed by atoms with Crippen molar-refractivity contribution >= 4 is 58.6 Å². The van der Waals surface area contributed by atoms with Gasteiger partial charge in [-0.05, 0) is 60.7 Å². The number of para-hydroxylation sites is 2. The molecule has 2 unspecified atom stereocenters. The summed E-state index contributed by atoms with van der Waals surface area (Å²) in [7, 11) is 0. The minimum absolute atomic E-state index is 0. The summed E-state index contributed by atoms with van der Waals surface area (Å²) >= 11 is 15.9. The molecule has 3 heterocycles. The summed E-state index contributed by atoms with van der Waals surface area (Å²) in [5, 5.41) is 10.1. The lowest BCUT2D eigenvalue weighted by molar-refractivity contribution is 0.0670. The SMILES string of the molecule is C.CC1(C)COP(=S)(S)OC1.CCC.CCC.Cc1ccccc1OCC(O)CSP1(=S)OCC(C)(C)CO1.Cc1ccccc1OCC1CO1. The Labute approximate surface area is 330 Å². The molecule has 296 valence electrons. The minimum atomic E-state index is -2.32. The van der Waals surface area contributed by atoms with Crippen LogP contribution in [-0.2, 0) is 46.4 Å². The summed E-state index contributed by atoms with van der Waals surface area (Å²) < 4.78 is 38.2. The minimum Gasteiger partial charge on any atom is -0.491 e. The first-order chi connectivity index (χ1) is 23.4. The van der Waals surface area contributed by atoms with E-state index in [0.29, 0.717) is 44.9 Å². The number of rotatable bonds is 9. The number of aliphatic hydroxyl groups is 1. The Bertz CT molecular complexity index is 1300. The highest BCUT2D eigenvalue weighted by Gasteiger charge is 2.34. The van der Waals surface area contributed by atoms with Crippen LogP contribution in [0.25, 0.3) is 0 Å². The van der Waals surface area contributed by atoms with Crippen LogP contribution in [0.1, 0.15) is 86.8 Å². The van der Waals surface area contributed by atoms with E-state index >= 15 is 0 Å². The zero-order chi connectivity index (χ0) is 37.8. The fourth-order valence-corrected chi connectivity index (χ4v) is 9.59. The Hall–Kier alpha value is -0.200. The second-order valence-electron chi connectivity index (χ2n) is 13.8. The van der Waals surface area contributed by atoms with Gasteiger partial charge in [0.25, 0.3) is 0 Å². The standard InChI is InChI=1S/C15H23O4PS2.C10H12O2.C5H11O2PS2.2C3H8.CH4/c1-12-6-4-5-7-14(12)17-8-13(16)9-22-20(21)18-10-15(2,3)11-19-20;1-8-4-2-3-5-10(8)12-7-9-6-11-9;1-5(2)3-6-8(9,10)7-4-5;2*1-3-2;/h4-7,13,16H,8-11H2,1-3H3;2-5,9H,6-7H2,1H3;3-4H2,1-2H3,(H,9,10);2*3H2,1-2H3;1H4. The topological polar surface area (TPSA) is 88.1 Å². The molecular formula is C37H66O8P2S4. The van der Waals surface area contributed by atoms with Crippen LogP contribution in [0.3, 0.4) is 0 Å². The van der Waals surface area contributed by atoms with Crippen molar-refractivity contribution in [1.29, 1.82) is 0 Å². The number of hydrogen-bond acceptors (Lipinski definition) is 11. The molecule has 3 fully saturated rings. The van der Waals surface area contributed by atoms with Gasteiger partial charge in [-0.1, -0.05) is 136 Å². The Morgan fingerprint density at radius 3 is 1.59 bits per heavy atom. The van der Waals surface area contributed by atoms with Crippen LogP contribution in [0.5, 0.6) is 11.5 Å². The molecule has 0 radical (unpaired) electrons. The van der Waals surface area contributed by atoms with E-state index in [-0.39, 0.29) is 24.9 Å². The number of thiol groups is 1. The maximum absolute atomic E-state index is 10.1. The number of epoxide rings is 1. The number of aliphatic hydroxyl groups excluding tert-OH is 1. The molecule has 0 amide bonds. The Morgan fingerprint density at radius 2 is 1.20 bits per heavy atom. The number of hydrogen-bond donors (Lipinski definition) is 2. The first-order valence-electron chi connectivity index (χ1n) is 17.2. The van der Waals surface area contributed by atoms with Gasteiger partial charge in [0.05, 0.1) is 39.1 Å². The van der Waals surface area contributed by atoms with E-state index in [1.54, 1.807) is 0 Å². The molecule has 0 bridgehead atoms. The largest absolute Gasteiger partial charge is 0.491 e. The summed E-state index contributed by atoms with van der Waals surface area (Å²) in [6.07, 6.45) is 2.23. The molecule has 0 spiro atoms. The summed E-state index contributed by atoms with van der Waals surface area (Å²) in [6, 6.07) is 15.8. The van der Waals surface area contributed by atoms with Crippen molar-refractivity contribution in [2.24, 2.45) is 10.8 Å². The summed E-state index contributed by atoms with van der Waals surface area (Å²) in [4.78, 5) is 0. The van der Waals surface area contributed by atoms with Crippen LogP contribution in [0.15, 0.2) is 48.5 Å². The van der Waals surface area contributed by atoms with Crippen molar-refractivity contribution in [3.05, 3.63) is 59.7 Å². The van der Waals surface area contributed by atoms with Gasteiger partial charge in [0, 0.05) is 16.6 Å².